The van der Waals surface area contributed by atoms with E-state index < -0.39 is 0 Å². The van der Waals surface area contributed by atoms with Crippen molar-refractivity contribution in [2.75, 3.05) is 30.3 Å². The molecule has 0 saturated carbocycles. The molecule has 0 aromatic carbocycles. The van der Waals surface area contributed by atoms with Crippen molar-refractivity contribution in [1.82, 2.24) is 9.97 Å². The topological polar surface area (TPSA) is 75.3 Å². The Hall–Kier alpha value is -1.36. The maximum atomic E-state index is 9.01. The smallest absolute Gasteiger partial charge is 0.137 e. The van der Waals surface area contributed by atoms with Gasteiger partial charge in [-0.15, -0.1) is 0 Å². The van der Waals surface area contributed by atoms with Crippen molar-refractivity contribution in [2.45, 2.75) is 26.7 Å². The van der Waals surface area contributed by atoms with Crippen molar-refractivity contribution >= 4 is 11.6 Å². The summed E-state index contributed by atoms with van der Waals surface area (Å²) in [6.45, 7) is 7.60. The van der Waals surface area contributed by atoms with Gasteiger partial charge in [-0.25, -0.2) is 9.97 Å². The molecule has 1 heterocycles. The predicted molar refractivity (Wildman–Crippen MR) is 65.5 cm³/mol. The lowest BCUT2D eigenvalue weighted by Crippen LogP contribution is -2.29. The standard InChI is InChI=1S/C11H20N4O/c1-4-15(5-6-16)11-9(8(2)3)10(12)13-7-14-11/h7-8,16H,4-6H2,1-3H3,(H2,12,13,14). The summed E-state index contributed by atoms with van der Waals surface area (Å²) in [4.78, 5) is 10.3. The van der Waals surface area contributed by atoms with Crippen LogP contribution in [0.1, 0.15) is 32.3 Å². The maximum absolute atomic E-state index is 9.01. The summed E-state index contributed by atoms with van der Waals surface area (Å²) < 4.78 is 0. The molecule has 0 aliphatic carbocycles. The van der Waals surface area contributed by atoms with Crippen LogP contribution in [-0.2, 0) is 0 Å². The Morgan fingerprint density at radius 2 is 2.12 bits per heavy atom. The van der Waals surface area contributed by atoms with Crippen molar-refractivity contribution in [3.63, 3.8) is 0 Å². The van der Waals surface area contributed by atoms with Crippen molar-refractivity contribution in [3.8, 4) is 0 Å². The van der Waals surface area contributed by atoms with Gasteiger partial charge in [0.2, 0.25) is 0 Å². The first-order valence-corrected chi connectivity index (χ1v) is 5.58. The van der Waals surface area contributed by atoms with Gasteiger partial charge >= 0.3 is 0 Å². The number of aromatic nitrogens is 2. The van der Waals surface area contributed by atoms with Crippen molar-refractivity contribution in [1.29, 1.82) is 0 Å². The molecule has 1 rings (SSSR count). The number of aliphatic hydroxyl groups excluding tert-OH is 1. The number of aliphatic hydroxyl groups is 1. The van der Waals surface area contributed by atoms with Crippen LogP contribution in [0.5, 0.6) is 0 Å². The lowest BCUT2D eigenvalue weighted by Gasteiger charge is -2.25. The molecule has 5 nitrogen and oxygen atoms in total. The second kappa shape index (κ2) is 5.65. The van der Waals surface area contributed by atoms with E-state index in [-0.39, 0.29) is 12.5 Å². The summed E-state index contributed by atoms with van der Waals surface area (Å²) in [6.07, 6.45) is 1.47. The van der Waals surface area contributed by atoms with Gasteiger partial charge in [-0.1, -0.05) is 13.8 Å². The highest BCUT2D eigenvalue weighted by atomic mass is 16.3. The monoisotopic (exact) mass is 224 g/mol. The third-order valence-corrected chi connectivity index (χ3v) is 2.52. The number of likely N-dealkylation sites (N-methyl/N-ethyl adjacent to an activating group) is 1. The fraction of sp³-hybridized carbons (Fsp3) is 0.636. The van der Waals surface area contributed by atoms with Gasteiger partial charge in [-0.2, -0.15) is 0 Å². The minimum Gasteiger partial charge on any atom is -0.395 e. The highest BCUT2D eigenvalue weighted by Crippen LogP contribution is 2.28. The summed E-state index contributed by atoms with van der Waals surface area (Å²) >= 11 is 0. The Morgan fingerprint density at radius 3 is 2.62 bits per heavy atom. The molecule has 0 bridgehead atoms. The molecule has 0 fully saturated rings. The molecule has 3 N–H and O–H groups in total. The van der Waals surface area contributed by atoms with Gasteiger partial charge in [0.1, 0.15) is 18.0 Å². The summed E-state index contributed by atoms with van der Waals surface area (Å²) in [7, 11) is 0. The first kappa shape index (κ1) is 12.7. The summed E-state index contributed by atoms with van der Waals surface area (Å²) in [5.74, 6) is 1.62. The van der Waals surface area contributed by atoms with Crippen LogP contribution in [-0.4, -0.2) is 34.8 Å². The molecule has 1 aromatic heterocycles. The Kier molecular flexibility index (Phi) is 4.49. The molecule has 90 valence electrons. The van der Waals surface area contributed by atoms with E-state index in [2.05, 4.69) is 23.8 Å². The molecule has 0 spiro atoms. The van der Waals surface area contributed by atoms with E-state index in [0.29, 0.717) is 12.4 Å². The average molecular weight is 224 g/mol. The van der Waals surface area contributed by atoms with Crippen molar-refractivity contribution in [2.24, 2.45) is 0 Å². The molecule has 0 saturated heterocycles. The highest BCUT2D eigenvalue weighted by molar-refractivity contribution is 5.58. The van der Waals surface area contributed by atoms with Gasteiger partial charge in [0.05, 0.1) is 6.61 Å². The van der Waals surface area contributed by atoms with E-state index in [1.807, 2.05) is 11.8 Å². The third-order valence-electron chi connectivity index (χ3n) is 2.52. The van der Waals surface area contributed by atoms with Crippen molar-refractivity contribution < 1.29 is 5.11 Å². The zero-order valence-electron chi connectivity index (χ0n) is 10.1. The van der Waals surface area contributed by atoms with Crippen molar-refractivity contribution in [3.05, 3.63) is 11.9 Å². The average Bonchev–Trinajstić information content (AvgIpc) is 2.25. The highest BCUT2D eigenvalue weighted by Gasteiger charge is 2.16. The zero-order chi connectivity index (χ0) is 12.1. The third kappa shape index (κ3) is 2.61. The van der Waals surface area contributed by atoms with Crippen LogP contribution in [0.25, 0.3) is 0 Å². The van der Waals surface area contributed by atoms with E-state index in [9.17, 15) is 0 Å². The first-order valence-electron chi connectivity index (χ1n) is 5.58. The van der Waals surface area contributed by atoms with Crippen LogP contribution in [0.3, 0.4) is 0 Å². The molecule has 0 atom stereocenters. The van der Waals surface area contributed by atoms with Crippen LogP contribution >= 0.6 is 0 Å². The van der Waals surface area contributed by atoms with Crippen LogP contribution in [0, 0.1) is 0 Å². The maximum Gasteiger partial charge on any atom is 0.137 e. The van der Waals surface area contributed by atoms with Gasteiger partial charge in [0.15, 0.2) is 0 Å². The second-order valence-corrected chi connectivity index (χ2v) is 3.95. The number of anilines is 2. The van der Waals surface area contributed by atoms with Gasteiger partial charge in [0.25, 0.3) is 0 Å². The lowest BCUT2D eigenvalue weighted by molar-refractivity contribution is 0.302. The van der Waals surface area contributed by atoms with E-state index in [0.717, 1.165) is 17.9 Å². The molecular weight excluding hydrogens is 204 g/mol. The van der Waals surface area contributed by atoms with Gasteiger partial charge in [-0.3, -0.25) is 0 Å². The van der Waals surface area contributed by atoms with E-state index in [4.69, 9.17) is 10.8 Å². The zero-order valence-corrected chi connectivity index (χ0v) is 10.1. The lowest BCUT2D eigenvalue weighted by atomic mass is 10.0. The molecule has 0 aliphatic heterocycles. The van der Waals surface area contributed by atoms with Crippen LogP contribution < -0.4 is 10.6 Å². The molecule has 5 heteroatoms. The molecule has 16 heavy (non-hydrogen) atoms. The Morgan fingerprint density at radius 1 is 1.44 bits per heavy atom. The van der Waals surface area contributed by atoms with Crippen LogP contribution in [0.15, 0.2) is 6.33 Å². The predicted octanol–water partition coefficient (Wildman–Crippen LogP) is 1.00. The largest absolute Gasteiger partial charge is 0.395 e. The minimum absolute atomic E-state index is 0.106. The quantitative estimate of drug-likeness (QED) is 0.780. The summed E-state index contributed by atoms with van der Waals surface area (Å²) in [5, 5.41) is 9.01. The summed E-state index contributed by atoms with van der Waals surface area (Å²) in [5.41, 5.74) is 6.83. The van der Waals surface area contributed by atoms with Gasteiger partial charge < -0.3 is 15.7 Å². The fourth-order valence-electron chi connectivity index (χ4n) is 1.74. The van der Waals surface area contributed by atoms with Crippen LogP contribution in [0.4, 0.5) is 11.6 Å². The Balaban J connectivity index is 3.15. The Bertz CT molecular complexity index is 341. The number of nitrogen functional groups attached to an aromatic ring is 1. The number of rotatable bonds is 5. The molecule has 0 aliphatic rings. The molecular formula is C11H20N4O. The molecule has 1 aromatic rings. The number of nitrogens with zero attached hydrogens (tertiary/aromatic N) is 3. The number of hydrogen-bond donors (Lipinski definition) is 2. The van der Waals surface area contributed by atoms with Gasteiger partial charge in [0, 0.05) is 18.7 Å². The number of nitrogens with two attached hydrogens (primary N) is 1. The normalized spacial score (nSPS) is 10.8. The van der Waals surface area contributed by atoms with E-state index >= 15 is 0 Å². The fourth-order valence-corrected chi connectivity index (χ4v) is 1.74. The van der Waals surface area contributed by atoms with E-state index in [1.165, 1.54) is 6.33 Å². The molecule has 0 unspecified atom stereocenters. The number of hydrogen-bond acceptors (Lipinski definition) is 5. The van der Waals surface area contributed by atoms with E-state index in [1.54, 1.807) is 0 Å². The second-order valence-electron chi connectivity index (χ2n) is 3.95. The Labute approximate surface area is 96.3 Å². The summed E-state index contributed by atoms with van der Waals surface area (Å²) in [6, 6.07) is 0. The molecule has 0 radical (unpaired) electrons. The SMILES string of the molecule is CCN(CCO)c1ncnc(N)c1C(C)C. The first-order chi connectivity index (χ1) is 7.61. The van der Waals surface area contributed by atoms with Crippen LogP contribution in [0.2, 0.25) is 0 Å². The molecule has 0 amide bonds. The minimum atomic E-state index is 0.106. The van der Waals surface area contributed by atoms with Gasteiger partial charge in [-0.05, 0) is 12.8 Å².